The van der Waals surface area contributed by atoms with Gasteiger partial charge in [0.25, 0.3) is 10.0 Å². The standard InChI is InChI=1S/C20H20N2O4S/c1-14-8-10-15(11-9-14)27(24,25)21-18-19(22-12-4-5-13-22)16-6-2-3-7-17(16)26-20(18)23/h2-3,6-11,21H,4-5,12-13H2,1H3. The number of hydrogen-bond donors (Lipinski definition) is 1. The van der Waals surface area contributed by atoms with Gasteiger partial charge in [-0.1, -0.05) is 29.8 Å². The third kappa shape index (κ3) is 3.30. The minimum absolute atomic E-state index is 0.0313. The molecule has 1 N–H and O–H groups in total. The van der Waals surface area contributed by atoms with Crippen molar-refractivity contribution in [3.63, 3.8) is 0 Å². The van der Waals surface area contributed by atoms with E-state index in [0.717, 1.165) is 36.9 Å². The Hall–Kier alpha value is -2.80. The summed E-state index contributed by atoms with van der Waals surface area (Å²) >= 11 is 0. The molecule has 0 saturated carbocycles. The van der Waals surface area contributed by atoms with E-state index in [-0.39, 0.29) is 10.6 Å². The molecule has 3 aromatic rings. The zero-order valence-corrected chi connectivity index (χ0v) is 15.8. The van der Waals surface area contributed by atoms with Crippen LogP contribution in [0.15, 0.2) is 62.6 Å². The van der Waals surface area contributed by atoms with Crippen LogP contribution >= 0.6 is 0 Å². The van der Waals surface area contributed by atoms with Gasteiger partial charge in [-0.2, -0.15) is 0 Å². The number of rotatable bonds is 4. The van der Waals surface area contributed by atoms with Crippen LogP contribution in [0.2, 0.25) is 0 Å². The van der Waals surface area contributed by atoms with Gasteiger partial charge in [0.1, 0.15) is 5.58 Å². The number of fused-ring (bicyclic) bond motifs is 1. The highest BCUT2D eigenvalue weighted by molar-refractivity contribution is 7.92. The molecule has 0 aliphatic carbocycles. The van der Waals surface area contributed by atoms with Crippen LogP contribution in [0, 0.1) is 6.92 Å². The highest BCUT2D eigenvalue weighted by Gasteiger charge is 2.26. The summed E-state index contributed by atoms with van der Waals surface area (Å²) < 4.78 is 33.6. The summed E-state index contributed by atoms with van der Waals surface area (Å²) in [5.41, 5.74) is 1.28. The van der Waals surface area contributed by atoms with Crippen molar-refractivity contribution < 1.29 is 12.8 Å². The predicted octanol–water partition coefficient (Wildman–Crippen LogP) is 3.50. The van der Waals surface area contributed by atoms with Crippen molar-refractivity contribution in [3.05, 3.63) is 64.5 Å². The molecule has 1 aliphatic rings. The van der Waals surface area contributed by atoms with Crippen molar-refractivity contribution in [1.82, 2.24) is 0 Å². The summed E-state index contributed by atoms with van der Waals surface area (Å²) in [7, 11) is -3.91. The van der Waals surface area contributed by atoms with Gasteiger partial charge in [-0.05, 0) is 44.0 Å². The fourth-order valence-corrected chi connectivity index (χ4v) is 4.46. The Morgan fingerprint density at radius 3 is 2.37 bits per heavy atom. The minimum atomic E-state index is -3.91. The number of anilines is 2. The van der Waals surface area contributed by atoms with E-state index < -0.39 is 15.6 Å². The van der Waals surface area contributed by atoms with Gasteiger partial charge < -0.3 is 9.32 Å². The van der Waals surface area contributed by atoms with Crippen LogP contribution in [0.3, 0.4) is 0 Å². The zero-order chi connectivity index (χ0) is 19.0. The van der Waals surface area contributed by atoms with Crippen LogP contribution in [0.25, 0.3) is 11.0 Å². The largest absolute Gasteiger partial charge is 0.421 e. The maximum Gasteiger partial charge on any atom is 0.363 e. The average Bonchev–Trinajstić information content (AvgIpc) is 3.17. The van der Waals surface area contributed by atoms with Gasteiger partial charge in [0.15, 0.2) is 5.69 Å². The number of sulfonamides is 1. The second kappa shape index (κ2) is 6.74. The van der Waals surface area contributed by atoms with Gasteiger partial charge in [0.05, 0.1) is 10.6 Å². The summed E-state index contributed by atoms with van der Waals surface area (Å²) in [5.74, 6) is 0. The Kier molecular flexibility index (Phi) is 4.39. The van der Waals surface area contributed by atoms with Gasteiger partial charge in [-0.3, -0.25) is 4.72 Å². The van der Waals surface area contributed by atoms with Crippen LogP contribution in [0.5, 0.6) is 0 Å². The molecule has 7 heteroatoms. The van der Waals surface area contributed by atoms with Crippen LogP contribution in [0.4, 0.5) is 11.4 Å². The molecule has 0 spiro atoms. The summed E-state index contributed by atoms with van der Waals surface area (Å²) in [6.45, 7) is 3.42. The van der Waals surface area contributed by atoms with Gasteiger partial charge in [0.2, 0.25) is 0 Å². The molecule has 140 valence electrons. The fraction of sp³-hybridized carbons (Fsp3) is 0.250. The molecule has 6 nitrogen and oxygen atoms in total. The van der Waals surface area contributed by atoms with Crippen LogP contribution < -0.4 is 15.2 Å². The van der Waals surface area contributed by atoms with Crippen molar-refractivity contribution in [2.24, 2.45) is 0 Å². The molecule has 1 fully saturated rings. The smallest absolute Gasteiger partial charge is 0.363 e. The van der Waals surface area contributed by atoms with E-state index in [1.54, 1.807) is 24.3 Å². The average molecular weight is 384 g/mol. The van der Waals surface area contributed by atoms with Crippen molar-refractivity contribution in [2.45, 2.75) is 24.7 Å². The second-order valence-corrected chi connectivity index (χ2v) is 8.40. The number of nitrogens with zero attached hydrogens (tertiary/aromatic N) is 1. The SMILES string of the molecule is Cc1ccc(S(=O)(=O)Nc2c(N3CCCC3)c3ccccc3oc2=O)cc1. The van der Waals surface area contributed by atoms with Crippen LogP contribution in [-0.4, -0.2) is 21.5 Å². The molecular formula is C20H20N2O4S. The van der Waals surface area contributed by atoms with E-state index in [2.05, 4.69) is 4.72 Å². The first-order valence-electron chi connectivity index (χ1n) is 8.86. The van der Waals surface area contributed by atoms with Crippen molar-refractivity contribution in [3.8, 4) is 0 Å². The normalized spacial score (nSPS) is 14.6. The summed E-state index contributed by atoms with van der Waals surface area (Å²) in [4.78, 5) is 14.8. The van der Waals surface area contributed by atoms with Gasteiger partial charge >= 0.3 is 5.63 Å². The molecular weight excluding hydrogens is 364 g/mol. The zero-order valence-electron chi connectivity index (χ0n) is 14.9. The highest BCUT2D eigenvalue weighted by atomic mass is 32.2. The first-order valence-corrected chi connectivity index (χ1v) is 10.3. The van der Waals surface area contributed by atoms with E-state index in [1.165, 1.54) is 12.1 Å². The van der Waals surface area contributed by atoms with Gasteiger partial charge in [0, 0.05) is 18.5 Å². The first-order chi connectivity index (χ1) is 13.0. The number of aryl methyl sites for hydroxylation is 1. The van der Waals surface area contributed by atoms with Gasteiger partial charge in [-0.25, -0.2) is 13.2 Å². The molecule has 0 amide bonds. The molecule has 0 radical (unpaired) electrons. The lowest BCUT2D eigenvalue weighted by Gasteiger charge is -2.22. The maximum absolute atomic E-state index is 12.9. The minimum Gasteiger partial charge on any atom is -0.421 e. The summed E-state index contributed by atoms with van der Waals surface area (Å²) in [6.07, 6.45) is 2.00. The van der Waals surface area contributed by atoms with E-state index >= 15 is 0 Å². The van der Waals surface area contributed by atoms with Crippen molar-refractivity contribution in [1.29, 1.82) is 0 Å². The lowest BCUT2D eigenvalue weighted by Crippen LogP contribution is -2.25. The first kappa shape index (κ1) is 17.6. The molecule has 1 aromatic heterocycles. The fourth-order valence-electron chi connectivity index (χ4n) is 3.40. The number of para-hydroxylation sites is 1. The molecule has 0 bridgehead atoms. The Morgan fingerprint density at radius 2 is 1.67 bits per heavy atom. The van der Waals surface area contributed by atoms with Crippen molar-refractivity contribution >= 4 is 32.4 Å². The lowest BCUT2D eigenvalue weighted by atomic mass is 10.1. The Bertz CT molecular complexity index is 1140. The molecule has 0 atom stereocenters. The Balaban J connectivity index is 1.88. The number of benzene rings is 2. The third-order valence-corrected chi connectivity index (χ3v) is 6.14. The Morgan fingerprint density at radius 1 is 1.00 bits per heavy atom. The lowest BCUT2D eigenvalue weighted by molar-refractivity contribution is 0.562. The number of nitrogens with one attached hydrogen (secondary N) is 1. The second-order valence-electron chi connectivity index (χ2n) is 6.72. The highest BCUT2D eigenvalue weighted by Crippen LogP contribution is 2.35. The van der Waals surface area contributed by atoms with E-state index in [9.17, 15) is 13.2 Å². The number of hydrogen-bond acceptors (Lipinski definition) is 5. The monoisotopic (exact) mass is 384 g/mol. The van der Waals surface area contributed by atoms with Crippen LogP contribution in [-0.2, 0) is 10.0 Å². The topological polar surface area (TPSA) is 79.6 Å². The third-order valence-electron chi connectivity index (χ3n) is 4.78. The summed E-state index contributed by atoms with van der Waals surface area (Å²) in [6, 6.07) is 13.7. The molecule has 2 heterocycles. The maximum atomic E-state index is 12.9. The van der Waals surface area contributed by atoms with E-state index in [0.29, 0.717) is 11.3 Å². The van der Waals surface area contributed by atoms with Crippen molar-refractivity contribution in [2.75, 3.05) is 22.7 Å². The molecule has 1 saturated heterocycles. The molecule has 0 unspecified atom stereocenters. The predicted molar refractivity (Wildman–Crippen MR) is 106 cm³/mol. The Labute approximate surface area is 157 Å². The molecule has 1 aliphatic heterocycles. The molecule has 2 aromatic carbocycles. The van der Waals surface area contributed by atoms with E-state index in [4.69, 9.17) is 4.42 Å². The molecule has 4 rings (SSSR count). The van der Waals surface area contributed by atoms with Crippen LogP contribution in [0.1, 0.15) is 18.4 Å². The van der Waals surface area contributed by atoms with E-state index in [1.807, 2.05) is 24.0 Å². The summed E-state index contributed by atoms with van der Waals surface area (Å²) in [5, 5.41) is 0.723. The van der Waals surface area contributed by atoms with Gasteiger partial charge in [-0.15, -0.1) is 0 Å². The quantitative estimate of drug-likeness (QED) is 0.697. The molecule has 27 heavy (non-hydrogen) atoms.